The number of ether oxygens (including phenoxy) is 1. The zero-order valence-corrected chi connectivity index (χ0v) is 13.0. The highest BCUT2D eigenvalue weighted by Gasteiger charge is 2.33. The minimum Gasteiger partial charge on any atom is -0.460 e. The van der Waals surface area contributed by atoms with Crippen LogP contribution in [0.2, 0.25) is 0 Å². The van der Waals surface area contributed by atoms with Crippen LogP contribution in [0.3, 0.4) is 0 Å². The van der Waals surface area contributed by atoms with Gasteiger partial charge < -0.3 is 9.64 Å². The van der Waals surface area contributed by atoms with Crippen LogP contribution in [-0.2, 0) is 6.18 Å². The topological polar surface area (TPSA) is 64.0 Å². The van der Waals surface area contributed by atoms with Crippen molar-refractivity contribution in [2.45, 2.75) is 32.0 Å². The molecule has 0 amide bonds. The van der Waals surface area contributed by atoms with Crippen molar-refractivity contribution in [3.8, 4) is 6.01 Å². The molecule has 0 N–H and O–H groups in total. The Morgan fingerprint density at radius 1 is 1.08 bits per heavy atom. The van der Waals surface area contributed by atoms with Gasteiger partial charge in [0, 0.05) is 38.3 Å². The molecule has 6 nitrogen and oxygen atoms in total. The van der Waals surface area contributed by atoms with Crippen LogP contribution in [0.25, 0.3) is 0 Å². The van der Waals surface area contributed by atoms with E-state index in [4.69, 9.17) is 4.74 Å². The molecule has 0 radical (unpaired) electrons. The second-order valence-electron chi connectivity index (χ2n) is 5.49. The Hall–Kier alpha value is -2.45. The number of anilines is 1. The maximum Gasteiger partial charge on any atom is 0.433 e. The number of piperidine rings is 1. The van der Waals surface area contributed by atoms with Gasteiger partial charge in [-0.15, -0.1) is 0 Å². The summed E-state index contributed by atoms with van der Waals surface area (Å²) in [5.74, 6) is 1.54. The molecule has 128 valence electrons. The van der Waals surface area contributed by atoms with E-state index < -0.39 is 11.9 Å². The van der Waals surface area contributed by atoms with Gasteiger partial charge in [0.25, 0.3) is 0 Å². The number of halogens is 3. The minimum atomic E-state index is -4.50. The molecule has 9 heteroatoms. The van der Waals surface area contributed by atoms with E-state index in [2.05, 4.69) is 24.8 Å². The standard InChI is InChI=1S/C15H16F3N5O/c1-10-19-7-3-13(21-10)23-8-4-11(5-9-23)24-14-20-6-2-12(22-14)15(16,17)18/h2-3,6-7,11H,4-5,8-9H2,1H3. The molecule has 1 fully saturated rings. The minimum absolute atomic E-state index is 0.215. The summed E-state index contributed by atoms with van der Waals surface area (Å²) in [6.45, 7) is 3.21. The number of hydrogen-bond acceptors (Lipinski definition) is 6. The van der Waals surface area contributed by atoms with Crippen molar-refractivity contribution < 1.29 is 17.9 Å². The van der Waals surface area contributed by atoms with Gasteiger partial charge in [-0.3, -0.25) is 0 Å². The smallest absolute Gasteiger partial charge is 0.433 e. The molecular weight excluding hydrogens is 323 g/mol. The van der Waals surface area contributed by atoms with Crippen molar-refractivity contribution >= 4 is 5.82 Å². The molecule has 3 heterocycles. The lowest BCUT2D eigenvalue weighted by Gasteiger charge is -2.32. The highest BCUT2D eigenvalue weighted by atomic mass is 19.4. The van der Waals surface area contributed by atoms with Gasteiger partial charge in [0.1, 0.15) is 17.7 Å². The van der Waals surface area contributed by atoms with Crippen molar-refractivity contribution in [2.24, 2.45) is 0 Å². The molecule has 0 bridgehead atoms. The van der Waals surface area contributed by atoms with Gasteiger partial charge >= 0.3 is 12.2 Å². The number of hydrogen-bond donors (Lipinski definition) is 0. The average Bonchev–Trinajstić information content (AvgIpc) is 2.55. The molecule has 0 saturated carbocycles. The molecule has 0 atom stereocenters. The molecule has 1 aliphatic rings. The normalized spacial score (nSPS) is 16.2. The SMILES string of the molecule is Cc1nccc(N2CCC(Oc3nccc(C(F)(F)F)n3)CC2)n1. The van der Waals surface area contributed by atoms with Crippen molar-refractivity contribution in [3.63, 3.8) is 0 Å². The van der Waals surface area contributed by atoms with Crippen molar-refractivity contribution in [2.75, 3.05) is 18.0 Å². The van der Waals surface area contributed by atoms with Gasteiger partial charge in [-0.05, 0) is 19.1 Å². The summed E-state index contributed by atoms with van der Waals surface area (Å²) in [7, 11) is 0. The maximum atomic E-state index is 12.7. The Morgan fingerprint density at radius 2 is 1.79 bits per heavy atom. The van der Waals surface area contributed by atoms with Crippen LogP contribution in [0, 0.1) is 6.92 Å². The summed E-state index contributed by atoms with van der Waals surface area (Å²) in [5.41, 5.74) is -0.999. The van der Waals surface area contributed by atoms with Crippen LogP contribution >= 0.6 is 0 Å². The molecule has 0 spiro atoms. The van der Waals surface area contributed by atoms with Crippen LogP contribution in [0.4, 0.5) is 19.0 Å². The average molecular weight is 339 g/mol. The summed E-state index contributed by atoms with van der Waals surface area (Å²) < 4.78 is 43.5. The van der Waals surface area contributed by atoms with Gasteiger partial charge in [-0.25, -0.2) is 15.0 Å². The van der Waals surface area contributed by atoms with Gasteiger partial charge in [-0.1, -0.05) is 0 Å². The number of alkyl halides is 3. The molecule has 1 saturated heterocycles. The summed E-state index contributed by atoms with van der Waals surface area (Å²) in [6, 6.07) is 2.43. The van der Waals surface area contributed by atoms with E-state index in [9.17, 15) is 13.2 Å². The Kier molecular flexibility index (Phi) is 4.50. The number of nitrogens with zero attached hydrogens (tertiary/aromatic N) is 5. The second-order valence-corrected chi connectivity index (χ2v) is 5.49. The van der Waals surface area contributed by atoms with Crippen molar-refractivity contribution in [3.05, 3.63) is 36.0 Å². The van der Waals surface area contributed by atoms with E-state index in [1.807, 2.05) is 13.0 Å². The summed E-state index contributed by atoms with van der Waals surface area (Å²) in [5, 5.41) is 0. The monoisotopic (exact) mass is 339 g/mol. The van der Waals surface area contributed by atoms with E-state index in [1.165, 1.54) is 0 Å². The third-order valence-corrected chi connectivity index (χ3v) is 3.72. The first kappa shape index (κ1) is 16.4. The Balaban J connectivity index is 1.60. The third-order valence-electron chi connectivity index (χ3n) is 3.72. The fourth-order valence-corrected chi connectivity index (χ4v) is 2.53. The first-order valence-electron chi connectivity index (χ1n) is 7.53. The molecule has 0 aliphatic carbocycles. The van der Waals surface area contributed by atoms with E-state index in [1.54, 1.807) is 6.20 Å². The van der Waals surface area contributed by atoms with E-state index >= 15 is 0 Å². The highest BCUT2D eigenvalue weighted by Crippen LogP contribution is 2.28. The lowest BCUT2D eigenvalue weighted by molar-refractivity contribution is -0.141. The van der Waals surface area contributed by atoms with Crippen LogP contribution in [0.1, 0.15) is 24.4 Å². The van der Waals surface area contributed by atoms with Gasteiger partial charge in [-0.2, -0.15) is 18.2 Å². The van der Waals surface area contributed by atoms with Crippen LogP contribution < -0.4 is 9.64 Å². The Morgan fingerprint density at radius 3 is 2.46 bits per heavy atom. The molecule has 3 rings (SSSR count). The number of aromatic nitrogens is 4. The fraction of sp³-hybridized carbons (Fsp3) is 0.467. The Bertz CT molecular complexity index is 702. The van der Waals surface area contributed by atoms with Gasteiger partial charge in [0.15, 0.2) is 5.69 Å². The molecule has 0 aromatic carbocycles. The predicted molar refractivity (Wildman–Crippen MR) is 79.7 cm³/mol. The van der Waals surface area contributed by atoms with Gasteiger partial charge in [0.05, 0.1) is 0 Å². The van der Waals surface area contributed by atoms with E-state index in [0.29, 0.717) is 31.8 Å². The molecular formula is C15H16F3N5O. The van der Waals surface area contributed by atoms with E-state index in [0.717, 1.165) is 18.1 Å². The van der Waals surface area contributed by atoms with E-state index in [-0.39, 0.29) is 12.1 Å². The van der Waals surface area contributed by atoms with Crippen LogP contribution in [0.5, 0.6) is 6.01 Å². The quantitative estimate of drug-likeness (QED) is 0.857. The summed E-state index contributed by atoms with van der Waals surface area (Å²) >= 11 is 0. The predicted octanol–water partition coefficient (Wildman–Crippen LogP) is 2.64. The summed E-state index contributed by atoms with van der Waals surface area (Å²) in [4.78, 5) is 17.7. The third kappa shape index (κ3) is 3.90. The Labute approximate surface area is 136 Å². The first-order chi connectivity index (χ1) is 11.4. The molecule has 1 aliphatic heterocycles. The summed E-state index contributed by atoms with van der Waals surface area (Å²) in [6.07, 6.45) is -0.644. The lowest BCUT2D eigenvalue weighted by atomic mass is 10.1. The van der Waals surface area contributed by atoms with Gasteiger partial charge in [0.2, 0.25) is 0 Å². The van der Waals surface area contributed by atoms with Crippen molar-refractivity contribution in [1.29, 1.82) is 0 Å². The molecule has 0 unspecified atom stereocenters. The number of rotatable bonds is 3. The van der Waals surface area contributed by atoms with Crippen LogP contribution in [-0.4, -0.2) is 39.1 Å². The molecule has 2 aromatic heterocycles. The first-order valence-corrected chi connectivity index (χ1v) is 7.53. The number of aryl methyl sites for hydroxylation is 1. The molecule has 24 heavy (non-hydrogen) atoms. The zero-order valence-electron chi connectivity index (χ0n) is 13.0. The second kappa shape index (κ2) is 6.58. The van der Waals surface area contributed by atoms with Crippen molar-refractivity contribution in [1.82, 2.24) is 19.9 Å². The lowest BCUT2D eigenvalue weighted by Crippen LogP contribution is -2.39. The fourth-order valence-electron chi connectivity index (χ4n) is 2.53. The highest BCUT2D eigenvalue weighted by molar-refractivity contribution is 5.37. The van der Waals surface area contributed by atoms with Crippen LogP contribution in [0.15, 0.2) is 24.5 Å². The zero-order chi connectivity index (χ0) is 17.2. The molecule has 2 aromatic rings. The largest absolute Gasteiger partial charge is 0.460 e. The maximum absolute atomic E-state index is 12.7.